The molecule has 0 spiro atoms. The summed E-state index contributed by atoms with van der Waals surface area (Å²) in [6, 6.07) is 4.43. The van der Waals surface area contributed by atoms with Crippen molar-refractivity contribution in [1.82, 2.24) is 0 Å². The van der Waals surface area contributed by atoms with Crippen molar-refractivity contribution < 1.29 is 14.7 Å². The molecule has 1 aromatic carbocycles. The summed E-state index contributed by atoms with van der Waals surface area (Å²) >= 11 is 0. The molecule has 0 aliphatic rings. The first-order valence-electron chi connectivity index (χ1n) is 3.73. The van der Waals surface area contributed by atoms with E-state index in [1.807, 2.05) is 0 Å². The van der Waals surface area contributed by atoms with Crippen molar-refractivity contribution in [2.24, 2.45) is 0 Å². The molecule has 0 aromatic heterocycles. The summed E-state index contributed by atoms with van der Waals surface area (Å²) in [6.45, 7) is 0. The number of benzene rings is 1. The molecule has 1 aromatic rings. The minimum Gasteiger partial charge on any atom is -0.478 e. The Morgan fingerprint density at radius 3 is 2.79 bits per heavy atom. The molecule has 4 nitrogen and oxygen atoms in total. The van der Waals surface area contributed by atoms with Gasteiger partial charge in [-0.15, -0.1) is 0 Å². The van der Waals surface area contributed by atoms with Gasteiger partial charge in [0, 0.05) is 5.69 Å². The lowest BCUT2D eigenvalue weighted by atomic mass is 10.1. The zero-order valence-corrected chi connectivity index (χ0v) is 7.15. The van der Waals surface area contributed by atoms with Gasteiger partial charge in [0.2, 0.25) is 0 Å². The maximum atomic E-state index is 10.7. The highest BCUT2D eigenvalue weighted by atomic mass is 16.4. The van der Waals surface area contributed by atoms with Crippen LogP contribution in [0.4, 0.5) is 5.69 Å². The number of carboxylic acid groups (broad SMARTS) is 1. The van der Waals surface area contributed by atoms with Crippen LogP contribution in [0.25, 0.3) is 0 Å². The molecule has 0 bridgehead atoms. The third kappa shape index (κ3) is 1.90. The largest absolute Gasteiger partial charge is 0.478 e. The fourth-order valence-electron chi connectivity index (χ4n) is 0.990. The molecule has 3 N–H and O–H groups in total. The Balaban J connectivity index is 3.36. The van der Waals surface area contributed by atoms with E-state index in [1.54, 1.807) is 0 Å². The molecular formula is C10H7NO3. The number of carboxylic acids is 1. The molecule has 0 aliphatic heterocycles. The van der Waals surface area contributed by atoms with Gasteiger partial charge in [-0.2, -0.15) is 0 Å². The SMILES string of the molecule is Nc1cccc(C(=O)O)c1C#CC=O. The minimum atomic E-state index is -1.12. The summed E-state index contributed by atoms with van der Waals surface area (Å²) in [4.78, 5) is 20.7. The molecule has 70 valence electrons. The van der Waals surface area contributed by atoms with Crippen LogP contribution in [0.5, 0.6) is 0 Å². The number of nitrogens with two attached hydrogens (primary N) is 1. The van der Waals surface area contributed by atoms with Gasteiger partial charge in [0.15, 0.2) is 6.29 Å². The molecule has 0 atom stereocenters. The number of aldehydes is 1. The van der Waals surface area contributed by atoms with E-state index in [0.717, 1.165) is 0 Å². The zero-order valence-electron chi connectivity index (χ0n) is 7.15. The second-order valence-electron chi connectivity index (χ2n) is 2.46. The summed E-state index contributed by atoms with van der Waals surface area (Å²) in [5, 5.41) is 8.78. The molecule has 0 saturated heterocycles. The first-order valence-corrected chi connectivity index (χ1v) is 3.73. The van der Waals surface area contributed by atoms with Crippen molar-refractivity contribution in [3.8, 4) is 11.8 Å². The van der Waals surface area contributed by atoms with E-state index >= 15 is 0 Å². The molecule has 4 heteroatoms. The fourth-order valence-corrected chi connectivity index (χ4v) is 0.990. The quantitative estimate of drug-likeness (QED) is 0.383. The van der Waals surface area contributed by atoms with Gasteiger partial charge in [-0.25, -0.2) is 4.79 Å². The summed E-state index contributed by atoms with van der Waals surface area (Å²) in [5.74, 6) is 3.40. The van der Waals surface area contributed by atoms with Crippen molar-refractivity contribution in [3.63, 3.8) is 0 Å². The van der Waals surface area contributed by atoms with Crippen molar-refractivity contribution in [2.75, 3.05) is 5.73 Å². The van der Waals surface area contributed by atoms with E-state index in [4.69, 9.17) is 10.8 Å². The molecular weight excluding hydrogens is 182 g/mol. The summed E-state index contributed by atoms with van der Waals surface area (Å²) in [5.41, 5.74) is 5.94. The van der Waals surface area contributed by atoms with Gasteiger partial charge in [-0.3, -0.25) is 4.79 Å². The molecule has 0 unspecified atom stereocenters. The number of aromatic carboxylic acids is 1. The second kappa shape index (κ2) is 4.10. The van der Waals surface area contributed by atoms with Crippen LogP contribution in [0.15, 0.2) is 18.2 Å². The van der Waals surface area contributed by atoms with Crippen molar-refractivity contribution >= 4 is 17.9 Å². The Labute approximate surface area is 80.3 Å². The van der Waals surface area contributed by atoms with Gasteiger partial charge in [-0.1, -0.05) is 12.0 Å². The topological polar surface area (TPSA) is 80.4 Å². The Morgan fingerprint density at radius 2 is 2.21 bits per heavy atom. The van der Waals surface area contributed by atoms with E-state index in [2.05, 4.69) is 11.8 Å². The summed E-state index contributed by atoms with van der Waals surface area (Å²) < 4.78 is 0. The molecule has 1 rings (SSSR count). The van der Waals surface area contributed by atoms with Gasteiger partial charge in [0.25, 0.3) is 0 Å². The highest BCUT2D eigenvalue weighted by molar-refractivity contribution is 5.93. The number of rotatable bonds is 1. The van der Waals surface area contributed by atoms with E-state index in [-0.39, 0.29) is 16.8 Å². The van der Waals surface area contributed by atoms with Crippen LogP contribution in [0.2, 0.25) is 0 Å². The standard InChI is InChI=1S/C10H7NO3/c11-9-5-1-3-8(10(13)14)7(9)4-2-6-12/h1,3,5-6H,11H2,(H,13,14). The van der Waals surface area contributed by atoms with Crippen LogP contribution < -0.4 is 5.73 Å². The van der Waals surface area contributed by atoms with Crippen molar-refractivity contribution in [1.29, 1.82) is 0 Å². The number of anilines is 1. The van der Waals surface area contributed by atoms with Crippen LogP contribution in [0.3, 0.4) is 0 Å². The number of hydrogen-bond acceptors (Lipinski definition) is 3. The second-order valence-corrected chi connectivity index (χ2v) is 2.46. The normalized spacial score (nSPS) is 8.57. The van der Waals surface area contributed by atoms with Gasteiger partial charge >= 0.3 is 5.97 Å². The lowest BCUT2D eigenvalue weighted by Crippen LogP contribution is -2.03. The third-order valence-electron chi connectivity index (χ3n) is 1.58. The molecule has 0 heterocycles. The average molecular weight is 189 g/mol. The highest BCUT2D eigenvalue weighted by Gasteiger charge is 2.09. The van der Waals surface area contributed by atoms with Gasteiger partial charge in [0.1, 0.15) is 0 Å². The van der Waals surface area contributed by atoms with Crippen LogP contribution in [-0.4, -0.2) is 17.4 Å². The fraction of sp³-hybridized carbons (Fsp3) is 0. The van der Waals surface area contributed by atoms with E-state index in [9.17, 15) is 9.59 Å². The minimum absolute atomic E-state index is 0.000602. The van der Waals surface area contributed by atoms with E-state index in [1.165, 1.54) is 18.2 Å². The molecule has 0 fully saturated rings. The highest BCUT2D eigenvalue weighted by Crippen LogP contribution is 2.15. The Morgan fingerprint density at radius 1 is 1.50 bits per heavy atom. The molecule has 0 radical (unpaired) electrons. The number of nitrogen functional groups attached to an aromatic ring is 1. The van der Waals surface area contributed by atoms with Crippen LogP contribution >= 0.6 is 0 Å². The van der Waals surface area contributed by atoms with Crippen LogP contribution in [0.1, 0.15) is 15.9 Å². The predicted molar refractivity (Wildman–Crippen MR) is 50.8 cm³/mol. The number of carbonyl (C=O) groups excluding carboxylic acids is 1. The monoisotopic (exact) mass is 189 g/mol. The average Bonchev–Trinajstić information content (AvgIpc) is 2.15. The maximum Gasteiger partial charge on any atom is 0.337 e. The van der Waals surface area contributed by atoms with Crippen molar-refractivity contribution in [3.05, 3.63) is 29.3 Å². The molecule has 14 heavy (non-hydrogen) atoms. The lowest BCUT2D eigenvalue weighted by Gasteiger charge is -2.01. The number of carbonyl (C=O) groups is 2. The first-order chi connectivity index (χ1) is 6.66. The van der Waals surface area contributed by atoms with Crippen molar-refractivity contribution in [2.45, 2.75) is 0 Å². The van der Waals surface area contributed by atoms with Crippen LogP contribution in [0, 0.1) is 11.8 Å². The smallest absolute Gasteiger partial charge is 0.337 e. The summed E-state index contributed by atoms with van der Waals surface area (Å²) in [7, 11) is 0. The third-order valence-corrected chi connectivity index (χ3v) is 1.58. The molecule has 0 saturated carbocycles. The Bertz CT molecular complexity index is 440. The molecule has 0 aliphatic carbocycles. The number of hydrogen-bond donors (Lipinski definition) is 2. The predicted octanol–water partition coefficient (Wildman–Crippen LogP) is 0.517. The summed E-state index contributed by atoms with van der Waals surface area (Å²) in [6.07, 6.45) is 0.387. The van der Waals surface area contributed by atoms with Gasteiger partial charge < -0.3 is 10.8 Å². The zero-order chi connectivity index (χ0) is 10.6. The van der Waals surface area contributed by atoms with Crippen LogP contribution in [-0.2, 0) is 4.79 Å². The van der Waals surface area contributed by atoms with E-state index < -0.39 is 5.97 Å². The van der Waals surface area contributed by atoms with E-state index in [0.29, 0.717) is 6.29 Å². The molecule has 0 amide bonds. The maximum absolute atomic E-state index is 10.7. The van der Waals surface area contributed by atoms with Gasteiger partial charge in [0.05, 0.1) is 11.1 Å². The Kier molecular flexibility index (Phi) is 2.87. The Hall–Kier alpha value is -2.28. The van der Waals surface area contributed by atoms with Gasteiger partial charge in [-0.05, 0) is 18.1 Å². The first kappa shape index (κ1) is 9.81. The lowest BCUT2D eigenvalue weighted by molar-refractivity contribution is -0.103.